The smallest absolute Gasteiger partial charge is 0.177 e. The van der Waals surface area contributed by atoms with Crippen molar-refractivity contribution in [1.82, 2.24) is 10.3 Å². The summed E-state index contributed by atoms with van der Waals surface area (Å²) >= 11 is 6.49. The first kappa shape index (κ1) is 22.8. The van der Waals surface area contributed by atoms with Crippen LogP contribution in [0.1, 0.15) is 41.0 Å². The SMILES string of the molecule is Cc1ccc(C[C@@H]2CON=C(c3c(Oc4cccc(C5CC5)c4F)cnc4ccccc34)N2)c(Cl)c1. The summed E-state index contributed by atoms with van der Waals surface area (Å²) in [6.07, 6.45) is 4.29. The molecule has 6 rings (SSSR count). The minimum atomic E-state index is -0.319. The van der Waals surface area contributed by atoms with E-state index in [2.05, 4.69) is 15.5 Å². The lowest BCUT2D eigenvalue weighted by molar-refractivity contribution is 0.109. The third-order valence-corrected chi connectivity index (χ3v) is 7.01. The van der Waals surface area contributed by atoms with Crippen LogP contribution in [0.25, 0.3) is 10.9 Å². The zero-order chi connectivity index (χ0) is 24.6. The Morgan fingerprint density at radius 3 is 2.78 bits per heavy atom. The highest BCUT2D eigenvalue weighted by atomic mass is 35.5. The van der Waals surface area contributed by atoms with E-state index < -0.39 is 0 Å². The number of fused-ring (bicyclic) bond motifs is 1. The standard InChI is InChI=1S/C29H25ClFN3O2/c1-17-9-10-19(23(30)13-17)14-20-16-35-34-29(33-20)27-22-5-2-3-7-24(22)32-15-26(27)36-25-8-4-6-21(28(25)31)18-11-12-18/h2-10,13,15,18,20H,11-12,14,16H2,1H3,(H,33,34)/t20-/m1/s1. The van der Waals surface area contributed by atoms with Gasteiger partial charge in [0.2, 0.25) is 0 Å². The lowest BCUT2D eigenvalue weighted by Gasteiger charge is -2.26. The fourth-order valence-electron chi connectivity index (χ4n) is 4.64. The number of rotatable bonds is 6. The molecule has 7 heteroatoms. The highest BCUT2D eigenvalue weighted by molar-refractivity contribution is 6.31. The van der Waals surface area contributed by atoms with Crippen molar-refractivity contribution in [3.63, 3.8) is 0 Å². The molecule has 2 aliphatic rings. The molecule has 1 saturated carbocycles. The second kappa shape index (κ2) is 9.43. The number of oxime groups is 1. The quantitative estimate of drug-likeness (QED) is 0.312. The van der Waals surface area contributed by atoms with E-state index >= 15 is 4.39 Å². The number of aryl methyl sites for hydroxylation is 1. The maximum absolute atomic E-state index is 15.3. The lowest BCUT2D eigenvalue weighted by atomic mass is 10.0. The van der Waals surface area contributed by atoms with E-state index in [9.17, 15) is 0 Å². The first-order chi connectivity index (χ1) is 17.6. The molecule has 1 fully saturated rings. The Kier molecular flexibility index (Phi) is 5.97. The average molecular weight is 502 g/mol. The molecule has 4 aromatic rings. The molecule has 1 atom stereocenters. The van der Waals surface area contributed by atoms with Crippen LogP contribution in [0.2, 0.25) is 5.02 Å². The molecule has 1 aromatic heterocycles. The van der Waals surface area contributed by atoms with Gasteiger partial charge >= 0.3 is 0 Å². The van der Waals surface area contributed by atoms with Crippen LogP contribution in [0.15, 0.2) is 72.0 Å². The number of hydrogen-bond donors (Lipinski definition) is 1. The molecule has 36 heavy (non-hydrogen) atoms. The molecule has 1 aliphatic heterocycles. The van der Waals surface area contributed by atoms with Gasteiger partial charge in [0.15, 0.2) is 23.2 Å². The molecule has 182 valence electrons. The van der Waals surface area contributed by atoms with E-state index in [-0.39, 0.29) is 23.5 Å². The average Bonchev–Trinajstić information content (AvgIpc) is 3.72. The molecule has 3 aromatic carbocycles. The van der Waals surface area contributed by atoms with Gasteiger partial charge in [0.05, 0.1) is 23.3 Å². The number of halogens is 2. The zero-order valence-corrected chi connectivity index (χ0v) is 20.6. The van der Waals surface area contributed by atoms with Crippen molar-refractivity contribution < 1.29 is 14.0 Å². The van der Waals surface area contributed by atoms with Crippen LogP contribution in [-0.4, -0.2) is 23.5 Å². The summed E-state index contributed by atoms with van der Waals surface area (Å²) in [7, 11) is 0. The molecule has 1 N–H and O–H groups in total. The van der Waals surface area contributed by atoms with Gasteiger partial charge in [0.1, 0.15) is 6.61 Å². The largest absolute Gasteiger partial charge is 0.452 e. The second-order valence-electron chi connectivity index (χ2n) is 9.43. The number of amidine groups is 1. The number of nitrogens with one attached hydrogen (secondary N) is 1. The third-order valence-electron chi connectivity index (χ3n) is 6.66. The summed E-state index contributed by atoms with van der Waals surface area (Å²) in [5.41, 5.74) is 4.30. The predicted octanol–water partition coefficient (Wildman–Crippen LogP) is 6.90. The van der Waals surface area contributed by atoms with E-state index in [1.54, 1.807) is 12.3 Å². The van der Waals surface area contributed by atoms with Crippen LogP contribution in [0.3, 0.4) is 0 Å². The number of hydrogen-bond acceptors (Lipinski definition) is 5. The van der Waals surface area contributed by atoms with E-state index in [1.807, 2.05) is 61.5 Å². The van der Waals surface area contributed by atoms with Gasteiger partial charge in [-0.3, -0.25) is 4.98 Å². The van der Waals surface area contributed by atoms with Crippen molar-refractivity contribution in [2.75, 3.05) is 6.61 Å². The summed E-state index contributed by atoms with van der Waals surface area (Å²) in [4.78, 5) is 10.2. The summed E-state index contributed by atoms with van der Waals surface area (Å²) in [6.45, 7) is 2.41. The highest BCUT2D eigenvalue weighted by Crippen LogP contribution is 2.43. The maximum Gasteiger partial charge on any atom is 0.177 e. The zero-order valence-electron chi connectivity index (χ0n) is 19.8. The van der Waals surface area contributed by atoms with E-state index in [0.717, 1.165) is 39.9 Å². The Hall–Kier alpha value is -3.64. The van der Waals surface area contributed by atoms with Crippen molar-refractivity contribution in [3.05, 3.63) is 100.0 Å². The van der Waals surface area contributed by atoms with Crippen molar-refractivity contribution in [1.29, 1.82) is 0 Å². The Morgan fingerprint density at radius 2 is 1.94 bits per heavy atom. The van der Waals surface area contributed by atoms with Gasteiger partial charge in [-0.05, 0) is 67.0 Å². The van der Waals surface area contributed by atoms with Gasteiger partial charge in [0, 0.05) is 10.4 Å². The monoisotopic (exact) mass is 501 g/mol. The molecule has 0 amide bonds. The summed E-state index contributed by atoms with van der Waals surface area (Å²) in [5.74, 6) is 1.06. The van der Waals surface area contributed by atoms with Crippen LogP contribution in [0, 0.1) is 12.7 Å². The van der Waals surface area contributed by atoms with Crippen LogP contribution >= 0.6 is 11.6 Å². The highest BCUT2D eigenvalue weighted by Gasteiger charge is 2.29. The van der Waals surface area contributed by atoms with E-state index in [1.165, 1.54) is 0 Å². The van der Waals surface area contributed by atoms with Gasteiger partial charge < -0.3 is 14.9 Å². The Bertz CT molecular complexity index is 1490. The van der Waals surface area contributed by atoms with Crippen LogP contribution in [0.4, 0.5) is 4.39 Å². The van der Waals surface area contributed by atoms with E-state index in [4.69, 9.17) is 21.2 Å². The molecule has 5 nitrogen and oxygen atoms in total. The molecule has 1 aliphatic carbocycles. The second-order valence-corrected chi connectivity index (χ2v) is 9.83. The van der Waals surface area contributed by atoms with Crippen LogP contribution in [0.5, 0.6) is 11.5 Å². The Labute approximate surface area is 213 Å². The third kappa shape index (κ3) is 4.49. The molecule has 0 bridgehead atoms. The number of ether oxygens (including phenoxy) is 1. The van der Waals surface area contributed by atoms with Crippen LogP contribution < -0.4 is 10.1 Å². The van der Waals surface area contributed by atoms with Crippen LogP contribution in [-0.2, 0) is 11.3 Å². The predicted molar refractivity (Wildman–Crippen MR) is 139 cm³/mol. The van der Waals surface area contributed by atoms with Gasteiger partial charge in [-0.2, -0.15) is 0 Å². The van der Waals surface area contributed by atoms with Gasteiger partial charge in [-0.15, -0.1) is 0 Å². The number of nitrogens with zero attached hydrogens (tertiary/aromatic N) is 2. The topological polar surface area (TPSA) is 55.7 Å². The minimum Gasteiger partial charge on any atom is -0.452 e. The molecular formula is C29H25ClFN3O2. The Balaban J connectivity index is 1.36. The summed E-state index contributed by atoms with van der Waals surface area (Å²) in [5, 5.41) is 9.39. The van der Waals surface area contributed by atoms with Crippen molar-refractivity contribution in [2.45, 2.75) is 38.1 Å². The molecule has 2 heterocycles. The fourth-order valence-corrected chi connectivity index (χ4v) is 4.96. The van der Waals surface area contributed by atoms with Crippen molar-refractivity contribution >= 4 is 28.3 Å². The molecule has 0 saturated heterocycles. The van der Waals surface area contributed by atoms with E-state index in [0.29, 0.717) is 35.7 Å². The number of para-hydroxylation sites is 1. The maximum atomic E-state index is 15.3. The summed E-state index contributed by atoms with van der Waals surface area (Å²) < 4.78 is 21.4. The minimum absolute atomic E-state index is 0.0626. The molecular weight excluding hydrogens is 477 g/mol. The number of pyridine rings is 1. The van der Waals surface area contributed by atoms with Crippen molar-refractivity contribution in [3.8, 4) is 11.5 Å². The van der Waals surface area contributed by atoms with Gasteiger partial charge in [-0.25, -0.2) is 4.39 Å². The van der Waals surface area contributed by atoms with Crippen molar-refractivity contribution in [2.24, 2.45) is 5.16 Å². The number of benzene rings is 3. The normalized spacial score (nSPS) is 17.3. The molecule has 0 radical (unpaired) electrons. The Morgan fingerprint density at radius 1 is 1.08 bits per heavy atom. The molecule has 0 unspecified atom stereocenters. The van der Waals surface area contributed by atoms with Gasteiger partial charge in [0.25, 0.3) is 0 Å². The first-order valence-electron chi connectivity index (χ1n) is 12.1. The fraction of sp³-hybridized carbons (Fsp3) is 0.241. The first-order valence-corrected chi connectivity index (χ1v) is 12.5. The van der Waals surface area contributed by atoms with Gasteiger partial charge in [-0.1, -0.05) is 59.2 Å². The summed E-state index contributed by atoms with van der Waals surface area (Å²) in [6, 6.07) is 19.0. The number of aromatic nitrogens is 1. The lowest BCUT2D eigenvalue weighted by Crippen LogP contribution is -2.43. The molecule has 0 spiro atoms.